The van der Waals surface area contributed by atoms with Crippen LogP contribution in [0.3, 0.4) is 0 Å². The van der Waals surface area contributed by atoms with Crippen LogP contribution < -0.4 is 5.73 Å². The molecule has 3 heteroatoms. The molecule has 98 valence electrons. The molecule has 17 heavy (non-hydrogen) atoms. The highest BCUT2D eigenvalue weighted by molar-refractivity contribution is 5.76. The Hall–Kier alpha value is -0.570. The number of hydrogen-bond donors (Lipinski definition) is 1. The summed E-state index contributed by atoms with van der Waals surface area (Å²) in [4.78, 5) is 13.8. The van der Waals surface area contributed by atoms with Crippen LogP contribution in [0, 0.1) is 11.8 Å². The molecule has 2 fully saturated rings. The molecule has 3 nitrogen and oxygen atoms in total. The van der Waals surface area contributed by atoms with Crippen molar-refractivity contribution in [2.24, 2.45) is 17.6 Å². The first-order valence-electron chi connectivity index (χ1n) is 7.24. The fraction of sp³-hybridized carbons (Fsp3) is 0.929. The molecule has 2 N–H and O–H groups in total. The van der Waals surface area contributed by atoms with Crippen molar-refractivity contribution in [3.05, 3.63) is 0 Å². The lowest BCUT2D eigenvalue weighted by molar-refractivity contribution is -0.123. The summed E-state index contributed by atoms with van der Waals surface area (Å²) < 4.78 is 0. The maximum absolute atomic E-state index is 11.3. The first-order valence-corrected chi connectivity index (χ1v) is 7.24. The molecule has 1 atom stereocenters. The van der Waals surface area contributed by atoms with E-state index in [1.54, 1.807) is 0 Å². The van der Waals surface area contributed by atoms with Gasteiger partial charge in [0.15, 0.2) is 0 Å². The second kappa shape index (κ2) is 5.85. The van der Waals surface area contributed by atoms with E-state index in [2.05, 4.69) is 11.8 Å². The van der Waals surface area contributed by atoms with Gasteiger partial charge >= 0.3 is 0 Å². The lowest BCUT2D eigenvalue weighted by Gasteiger charge is -2.40. The minimum absolute atomic E-state index is 0.100. The average Bonchev–Trinajstić information content (AvgIpc) is 2.39. The van der Waals surface area contributed by atoms with Crippen LogP contribution in [0.1, 0.15) is 51.9 Å². The Morgan fingerprint density at radius 3 is 2.53 bits per heavy atom. The molecule has 0 spiro atoms. The highest BCUT2D eigenvalue weighted by Gasteiger charge is 2.30. The SMILES string of the molecule is CCC1CCC(N2CCC[C@H](C(N)=O)C2)CC1. The third-order valence-corrected chi connectivity index (χ3v) is 4.77. The first-order chi connectivity index (χ1) is 8.20. The summed E-state index contributed by atoms with van der Waals surface area (Å²) in [7, 11) is 0. The number of primary amides is 1. The Morgan fingerprint density at radius 1 is 1.24 bits per heavy atom. The van der Waals surface area contributed by atoms with Crippen LogP contribution in [0.2, 0.25) is 0 Å². The van der Waals surface area contributed by atoms with Crippen LogP contribution in [0.25, 0.3) is 0 Å². The zero-order chi connectivity index (χ0) is 12.3. The number of hydrogen-bond acceptors (Lipinski definition) is 2. The smallest absolute Gasteiger partial charge is 0.221 e. The lowest BCUT2D eigenvalue weighted by Crippen LogP contribution is -2.47. The van der Waals surface area contributed by atoms with E-state index in [-0.39, 0.29) is 11.8 Å². The molecule has 0 bridgehead atoms. The Balaban J connectivity index is 1.84. The van der Waals surface area contributed by atoms with Crippen molar-refractivity contribution < 1.29 is 4.79 Å². The quantitative estimate of drug-likeness (QED) is 0.819. The van der Waals surface area contributed by atoms with Crippen LogP contribution in [-0.4, -0.2) is 29.9 Å². The van der Waals surface area contributed by atoms with E-state index in [9.17, 15) is 4.79 Å². The fourth-order valence-corrected chi connectivity index (χ4v) is 3.49. The molecule has 1 amide bonds. The Labute approximate surface area is 105 Å². The summed E-state index contributed by atoms with van der Waals surface area (Å²) in [6.45, 7) is 4.39. The summed E-state index contributed by atoms with van der Waals surface area (Å²) in [5.74, 6) is 0.951. The van der Waals surface area contributed by atoms with Gasteiger partial charge in [0, 0.05) is 12.6 Å². The van der Waals surface area contributed by atoms with E-state index in [0.717, 1.165) is 31.3 Å². The van der Waals surface area contributed by atoms with E-state index in [1.807, 2.05) is 0 Å². The summed E-state index contributed by atoms with van der Waals surface area (Å²) in [5, 5.41) is 0. The second-order valence-electron chi connectivity index (χ2n) is 5.82. The fourth-order valence-electron chi connectivity index (χ4n) is 3.49. The molecule has 0 radical (unpaired) electrons. The van der Waals surface area contributed by atoms with E-state index in [4.69, 9.17) is 5.73 Å². The molecule has 2 aliphatic rings. The third-order valence-electron chi connectivity index (χ3n) is 4.77. The number of piperidine rings is 1. The van der Waals surface area contributed by atoms with Gasteiger partial charge in [-0.2, -0.15) is 0 Å². The highest BCUT2D eigenvalue weighted by atomic mass is 16.1. The average molecular weight is 238 g/mol. The van der Waals surface area contributed by atoms with Crippen molar-refractivity contribution in [1.82, 2.24) is 4.90 Å². The number of nitrogens with zero attached hydrogens (tertiary/aromatic N) is 1. The van der Waals surface area contributed by atoms with Gasteiger partial charge in [0.1, 0.15) is 0 Å². The van der Waals surface area contributed by atoms with Gasteiger partial charge in [0.2, 0.25) is 5.91 Å². The van der Waals surface area contributed by atoms with Gasteiger partial charge in [0.25, 0.3) is 0 Å². The summed E-state index contributed by atoms with van der Waals surface area (Å²) >= 11 is 0. The molecule has 0 aromatic heterocycles. The number of rotatable bonds is 3. The zero-order valence-electron chi connectivity index (χ0n) is 11.0. The maximum Gasteiger partial charge on any atom is 0.221 e. The number of carbonyl (C=O) groups excluding carboxylic acids is 1. The summed E-state index contributed by atoms with van der Waals surface area (Å²) in [6.07, 6.45) is 8.86. The molecule has 0 aromatic rings. The third kappa shape index (κ3) is 3.21. The largest absolute Gasteiger partial charge is 0.369 e. The van der Waals surface area contributed by atoms with Crippen molar-refractivity contribution >= 4 is 5.91 Å². The van der Waals surface area contributed by atoms with Crippen molar-refractivity contribution in [3.8, 4) is 0 Å². The number of nitrogens with two attached hydrogens (primary N) is 1. The van der Waals surface area contributed by atoms with E-state index >= 15 is 0 Å². The zero-order valence-corrected chi connectivity index (χ0v) is 11.0. The number of likely N-dealkylation sites (tertiary alicyclic amines) is 1. The van der Waals surface area contributed by atoms with Gasteiger partial charge in [-0.1, -0.05) is 13.3 Å². The molecular weight excluding hydrogens is 212 g/mol. The topological polar surface area (TPSA) is 46.3 Å². The lowest BCUT2D eigenvalue weighted by atomic mass is 9.83. The predicted octanol–water partition coefficient (Wildman–Crippen LogP) is 2.15. The normalized spacial score (nSPS) is 35.7. The number of amides is 1. The molecule has 1 aliphatic heterocycles. The Bertz CT molecular complexity index is 259. The van der Waals surface area contributed by atoms with Crippen LogP contribution in [0.15, 0.2) is 0 Å². The van der Waals surface area contributed by atoms with Crippen molar-refractivity contribution in [1.29, 1.82) is 0 Å². The molecular formula is C14H26N2O. The van der Waals surface area contributed by atoms with Gasteiger partial charge in [0.05, 0.1) is 5.92 Å². The van der Waals surface area contributed by atoms with Gasteiger partial charge in [-0.15, -0.1) is 0 Å². The van der Waals surface area contributed by atoms with Gasteiger partial charge in [-0.05, 0) is 51.0 Å². The predicted molar refractivity (Wildman–Crippen MR) is 69.5 cm³/mol. The Kier molecular flexibility index (Phi) is 4.43. The standard InChI is InChI=1S/C14H26N2O/c1-2-11-5-7-13(8-6-11)16-9-3-4-12(10-16)14(15)17/h11-13H,2-10H2,1H3,(H2,15,17)/t11?,12-,13?/m0/s1. The van der Waals surface area contributed by atoms with Gasteiger partial charge in [-0.3, -0.25) is 9.69 Å². The second-order valence-corrected chi connectivity index (χ2v) is 5.82. The molecule has 2 rings (SSSR count). The molecule has 1 aliphatic carbocycles. The van der Waals surface area contributed by atoms with E-state index in [1.165, 1.54) is 38.6 Å². The minimum Gasteiger partial charge on any atom is -0.369 e. The van der Waals surface area contributed by atoms with E-state index < -0.39 is 0 Å². The Morgan fingerprint density at radius 2 is 1.94 bits per heavy atom. The van der Waals surface area contributed by atoms with Crippen LogP contribution >= 0.6 is 0 Å². The molecule has 0 aromatic carbocycles. The van der Waals surface area contributed by atoms with Crippen LogP contribution in [0.5, 0.6) is 0 Å². The minimum atomic E-state index is -0.100. The summed E-state index contributed by atoms with van der Waals surface area (Å²) in [6, 6.07) is 0.722. The van der Waals surface area contributed by atoms with Gasteiger partial charge in [-0.25, -0.2) is 0 Å². The van der Waals surface area contributed by atoms with Crippen LogP contribution in [-0.2, 0) is 4.79 Å². The number of carbonyl (C=O) groups is 1. The van der Waals surface area contributed by atoms with Crippen molar-refractivity contribution in [3.63, 3.8) is 0 Å². The first kappa shape index (κ1) is 12.9. The monoisotopic (exact) mass is 238 g/mol. The molecule has 1 heterocycles. The highest BCUT2D eigenvalue weighted by Crippen LogP contribution is 2.31. The summed E-state index contributed by atoms with van der Waals surface area (Å²) in [5.41, 5.74) is 5.44. The van der Waals surface area contributed by atoms with Crippen molar-refractivity contribution in [2.45, 2.75) is 57.9 Å². The van der Waals surface area contributed by atoms with Crippen LogP contribution in [0.4, 0.5) is 0 Å². The van der Waals surface area contributed by atoms with Gasteiger partial charge < -0.3 is 5.73 Å². The van der Waals surface area contributed by atoms with E-state index in [0.29, 0.717) is 0 Å². The molecule has 0 unspecified atom stereocenters. The molecule has 1 saturated carbocycles. The maximum atomic E-state index is 11.3. The molecule has 1 saturated heterocycles. The van der Waals surface area contributed by atoms with Crippen molar-refractivity contribution in [2.75, 3.05) is 13.1 Å².